The highest BCUT2D eigenvalue weighted by atomic mass is 35.5. The summed E-state index contributed by atoms with van der Waals surface area (Å²) in [4.78, 5) is 55.9. The highest BCUT2D eigenvalue weighted by Gasteiger charge is 2.63. The average molecular weight is 565 g/mol. The van der Waals surface area contributed by atoms with Gasteiger partial charge < -0.3 is 0 Å². The number of benzene rings is 4. The van der Waals surface area contributed by atoms with Crippen molar-refractivity contribution in [1.29, 1.82) is 0 Å². The van der Waals surface area contributed by atoms with E-state index in [1.165, 1.54) is 24.3 Å². The van der Waals surface area contributed by atoms with E-state index in [4.69, 9.17) is 11.6 Å². The second kappa shape index (κ2) is 9.49. The molecular formula is C33H22ClFN2O4. The zero-order chi connectivity index (χ0) is 28.4. The molecule has 4 aromatic carbocycles. The summed E-state index contributed by atoms with van der Waals surface area (Å²) >= 11 is 6.35. The number of Topliss-reactive ketones (excluding diaryl/α,β-unsaturated/α-hetero) is 1. The van der Waals surface area contributed by atoms with Gasteiger partial charge in [0.1, 0.15) is 12.4 Å². The zero-order valence-corrected chi connectivity index (χ0v) is 22.3. The van der Waals surface area contributed by atoms with Gasteiger partial charge in [-0.1, -0.05) is 72.3 Å². The zero-order valence-electron chi connectivity index (χ0n) is 21.5. The number of carbonyl (C=O) groups is 4. The molecule has 202 valence electrons. The molecule has 0 unspecified atom stereocenters. The molecule has 3 amide bonds. The fourth-order valence-electron chi connectivity index (χ4n) is 6.77. The number of amides is 3. The molecule has 1 saturated heterocycles. The van der Waals surface area contributed by atoms with Gasteiger partial charge in [-0.05, 0) is 58.7 Å². The minimum atomic E-state index is -0.756. The van der Waals surface area contributed by atoms with Gasteiger partial charge in [0.2, 0.25) is 0 Å². The van der Waals surface area contributed by atoms with Crippen molar-refractivity contribution in [3.8, 4) is 0 Å². The highest BCUT2D eigenvalue weighted by Crippen LogP contribution is 2.61. The number of imide groups is 1. The van der Waals surface area contributed by atoms with Crippen LogP contribution in [0.3, 0.4) is 0 Å². The van der Waals surface area contributed by atoms with Crippen LogP contribution in [0.4, 0.5) is 4.39 Å². The molecular weight excluding hydrogens is 543 g/mol. The van der Waals surface area contributed by atoms with E-state index in [9.17, 15) is 23.6 Å². The van der Waals surface area contributed by atoms with E-state index < -0.39 is 47.7 Å². The maximum Gasteiger partial charge on any atom is 0.274 e. The molecule has 4 aromatic rings. The van der Waals surface area contributed by atoms with Crippen LogP contribution in [0.25, 0.3) is 0 Å². The Hall–Kier alpha value is -4.62. The third-order valence-electron chi connectivity index (χ3n) is 8.46. The van der Waals surface area contributed by atoms with Crippen LogP contribution in [-0.2, 0) is 9.59 Å². The van der Waals surface area contributed by atoms with Gasteiger partial charge in [0.25, 0.3) is 17.7 Å². The van der Waals surface area contributed by atoms with Crippen LogP contribution >= 0.6 is 11.6 Å². The molecule has 0 spiro atoms. The van der Waals surface area contributed by atoms with Gasteiger partial charge in [0, 0.05) is 17.4 Å². The first kappa shape index (κ1) is 25.4. The van der Waals surface area contributed by atoms with Crippen molar-refractivity contribution in [2.24, 2.45) is 11.8 Å². The van der Waals surface area contributed by atoms with Crippen molar-refractivity contribution in [3.05, 3.63) is 141 Å². The number of hydrogen-bond donors (Lipinski definition) is 0. The Kier molecular flexibility index (Phi) is 5.87. The van der Waals surface area contributed by atoms with Crippen molar-refractivity contribution in [2.45, 2.75) is 11.8 Å². The van der Waals surface area contributed by atoms with E-state index in [1.807, 2.05) is 48.5 Å². The minimum Gasteiger partial charge on any atom is -0.292 e. The number of hydrazine groups is 1. The van der Waals surface area contributed by atoms with Crippen LogP contribution in [0.15, 0.2) is 97.1 Å². The van der Waals surface area contributed by atoms with Gasteiger partial charge in [-0.15, -0.1) is 0 Å². The molecule has 0 saturated carbocycles. The molecule has 1 fully saturated rings. The van der Waals surface area contributed by atoms with Gasteiger partial charge in [0.05, 0.1) is 22.4 Å². The van der Waals surface area contributed by atoms with Crippen LogP contribution in [-0.4, -0.2) is 40.1 Å². The summed E-state index contributed by atoms with van der Waals surface area (Å²) in [6, 6.07) is 26.8. The van der Waals surface area contributed by atoms with Gasteiger partial charge >= 0.3 is 0 Å². The van der Waals surface area contributed by atoms with E-state index in [2.05, 4.69) is 0 Å². The minimum absolute atomic E-state index is 0.0473. The number of hydrogen-bond acceptors (Lipinski definition) is 4. The van der Waals surface area contributed by atoms with Crippen LogP contribution < -0.4 is 0 Å². The first-order valence-corrected chi connectivity index (χ1v) is 13.6. The van der Waals surface area contributed by atoms with E-state index in [-0.39, 0.29) is 28.0 Å². The van der Waals surface area contributed by atoms with Gasteiger partial charge in [0.15, 0.2) is 5.78 Å². The number of ketones is 1. The first-order valence-electron chi connectivity index (χ1n) is 13.3. The summed E-state index contributed by atoms with van der Waals surface area (Å²) < 4.78 is 13.5. The summed E-state index contributed by atoms with van der Waals surface area (Å²) in [5, 5.41) is 1.89. The monoisotopic (exact) mass is 564 g/mol. The van der Waals surface area contributed by atoms with Crippen molar-refractivity contribution in [2.75, 3.05) is 6.54 Å². The number of nitrogens with zero attached hydrogens (tertiary/aromatic N) is 2. The fourth-order valence-corrected chi connectivity index (χ4v) is 6.99. The average Bonchev–Trinajstić information content (AvgIpc) is 3.26. The van der Waals surface area contributed by atoms with Crippen molar-refractivity contribution >= 4 is 35.1 Å². The van der Waals surface area contributed by atoms with Crippen molar-refractivity contribution in [3.63, 3.8) is 0 Å². The largest absolute Gasteiger partial charge is 0.292 e. The molecule has 0 radical (unpaired) electrons. The Morgan fingerprint density at radius 1 is 0.707 bits per heavy atom. The van der Waals surface area contributed by atoms with E-state index in [1.54, 1.807) is 12.1 Å². The predicted molar refractivity (Wildman–Crippen MR) is 149 cm³/mol. The lowest BCUT2D eigenvalue weighted by molar-refractivity contribution is -0.154. The summed E-state index contributed by atoms with van der Waals surface area (Å²) in [6.07, 6.45) is 0. The van der Waals surface area contributed by atoms with E-state index in [0.29, 0.717) is 0 Å². The number of carbonyl (C=O) groups excluding carboxylic acids is 4. The highest BCUT2D eigenvalue weighted by molar-refractivity contribution is 6.34. The Balaban J connectivity index is 1.34. The molecule has 8 heteroatoms. The number of rotatable bonds is 5. The summed E-state index contributed by atoms with van der Waals surface area (Å²) in [5.74, 6) is -5.12. The standard InChI is InChI=1S/C33H22ClFN2O4/c34-25-12-6-5-11-24(25)31(39)36(17-26(38)18-13-15-19(35)16-14-18)37-32(40)29-27-20-7-1-2-8-21(20)28(30(29)33(37)41)23-10-4-3-9-22(23)27/h1-16,27-30H,17H2/t27?,28?,29-,30-/m1/s1. The van der Waals surface area contributed by atoms with Crippen LogP contribution in [0.5, 0.6) is 0 Å². The van der Waals surface area contributed by atoms with E-state index >= 15 is 0 Å². The van der Waals surface area contributed by atoms with Crippen LogP contribution in [0.2, 0.25) is 5.02 Å². The smallest absolute Gasteiger partial charge is 0.274 e. The molecule has 4 aliphatic rings. The van der Waals surface area contributed by atoms with Gasteiger partial charge in [-0.3, -0.25) is 19.2 Å². The molecule has 41 heavy (non-hydrogen) atoms. The molecule has 2 atom stereocenters. The Labute approximate surface area is 239 Å². The molecule has 0 aromatic heterocycles. The normalized spacial score (nSPS) is 21.8. The predicted octanol–water partition coefficient (Wildman–Crippen LogP) is 5.61. The third-order valence-corrected chi connectivity index (χ3v) is 8.79. The quantitative estimate of drug-likeness (QED) is 0.233. The third kappa shape index (κ3) is 3.76. The lowest BCUT2D eigenvalue weighted by Crippen LogP contribution is -2.52. The molecule has 1 heterocycles. The Morgan fingerprint density at radius 3 is 1.66 bits per heavy atom. The second-order valence-corrected chi connectivity index (χ2v) is 10.9. The van der Waals surface area contributed by atoms with Gasteiger partial charge in [-0.25, -0.2) is 9.40 Å². The molecule has 8 rings (SSSR count). The lowest BCUT2D eigenvalue weighted by atomic mass is 9.55. The molecule has 1 aliphatic heterocycles. The summed E-state index contributed by atoms with van der Waals surface area (Å²) in [7, 11) is 0. The van der Waals surface area contributed by atoms with Crippen molar-refractivity contribution < 1.29 is 23.6 Å². The lowest BCUT2D eigenvalue weighted by Gasteiger charge is -2.45. The second-order valence-electron chi connectivity index (χ2n) is 10.5. The van der Waals surface area contributed by atoms with Crippen LogP contribution in [0, 0.1) is 17.7 Å². The molecule has 6 nitrogen and oxygen atoms in total. The van der Waals surface area contributed by atoms with Gasteiger partial charge in [-0.2, -0.15) is 5.01 Å². The maximum atomic E-state index is 14.3. The topological polar surface area (TPSA) is 74.8 Å². The molecule has 0 N–H and O–H groups in total. The number of halogens is 2. The Bertz CT molecular complexity index is 1660. The van der Waals surface area contributed by atoms with E-state index in [0.717, 1.165) is 44.4 Å². The van der Waals surface area contributed by atoms with Crippen LogP contribution in [0.1, 0.15) is 54.8 Å². The maximum absolute atomic E-state index is 14.3. The fraction of sp³-hybridized carbons (Fsp3) is 0.152. The molecule has 2 bridgehead atoms. The summed E-state index contributed by atoms with van der Waals surface area (Å²) in [5.41, 5.74) is 4.16. The van der Waals surface area contributed by atoms with Crippen molar-refractivity contribution in [1.82, 2.24) is 10.0 Å². The molecule has 3 aliphatic carbocycles. The SMILES string of the molecule is O=C(CN(C(=O)c1ccccc1Cl)N1C(=O)[C@@H]2C3c4ccccc4C(c4ccccc43)[C@H]2C1=O)c1ccc(F)cc1. The summed E-state index contributed by atoms with van der Waals surface area (Å²) in [6.45, 7) is -0.609. The first-order chi connectivity index (χ1) is 19.9. The Morgan fingerprint density at radius 2 is 1.17 bits per heavy atom.